The van der Waals surface area contributed by atoms with Crippen molar-refractivity contribution in [2.24, 2.45) is 17.8 Å². The topological polar surface area (TPSA) is 38.3 Å². The van der Waals surface area contributed by atoms with Gasteiger partial charge in [0.05, 0.1) is 12.5 Å². The first-order chi connectivity index (χ1) is 7.72. The number of esters is 1. The van der Waals surface area contributed by atoms with Crippen LogP contribution in [0.15, 0.2) is 0 Å². The highest BCUT2D eigenvalue weighted by molar-refractivity contribution is 5.72. The molecule has 0 amide bonds. The summed E-state index contributed by atoms with van der Waals surface area (Å²) in [6.07, 6.45) is 4.66. The molecule has 16 heavy (non-hydrogen) atoms. The van der Waals surface area contributed by atoms with Crippen LogP contribution in [0.5, 0.6) is 0 Å². The van der Waals surface area contributed by atoms with Gasteiger partial charge in [-0.25, -0.2) is 0 Å². The van der Waals surface area contributed by atoms with Gasteiger partial charge in [0.1, 0.15) is 0 Å². The molecule has 1 N–H and O–H groups in total. The number of piperidine rings is 1. The molecular weight excluding hydrogens is 202 g/mol. The maximum absolute atomic E-state index is 11.7. The van der Waals surface area contributed by atoms with E-state index in [4.69, 9.17) is 4.74 Å². The predicted molar refractivity (Wildman–Crippen MR) is 63.0 cm³/mol. The molecule has 1 saturated heterocycles. The first-order valence-corrected chi connectivity index (χ1v) is 6.62. The molecule has 1 saturated carbocycles. The second-order valence-corrected chi connectivity index (χ2v) is 5.23. The SMILES string of the molecule is CCOC(=O)C1CCNC(C(C)C2CC2)C1. The van der Waals surface area contributed by atoms with Gasteiger partial charge in [0, 0.05) is 6.04 Å². The largest absolute Gasteiger partial charge is 0.466 e. The van der Waals surface area contributed by atoms with E-state index in [-0.39, 0.29) is 11.9 Å². The monoisotopic (exact) mass is 225 g/mol. The molecule has 0 spiro atoms. The van der Waals surface area contributed by atoms with Crippen LogP contribution in [0.25, 0.3) is 0 Å². The quantitative estimate of drug-likeness (QED) is 0.743. The van der Waals surface area contributed by atoms with Gasteiger partial charge in [-0.1, -0.05) is 6.92 Å². The van der Waals surface area contributed by atoms with Crippen molar-refractivity contribution >= 4 is 5.97 Å². The Morgan fingerprint density at radius 2 is 2.19 bits per heavy atom. The van der Waals surface area contributed by atoms with Gasteiger partial charge in [-0.05, 0) is 51.0 Å². The average molecular weight is 225 g/mol. The zero-order valence-electron chi connectivity index (χ0n) is 10.4. The zero-order valence-corrected chi connectivity index (χ0v) is 10.4. The fourth-order valence-electron chi connectivity index (χ4n) is 2.78. The molecule has 2 rings (SSSR count). The van der Waals surface area contributed by atoms with E-state index in [1.165, 1.54) is 12.8 Å². The molecular formula is C13H23NO2. The third-order valence-corrected chi connectivity index (χ3v) is 4.06. The highest BCUT2D eigenvalue weighted by atomic mass is 16.5. The summed E-state index contributed by atoms with van der Waals surface area (Å²) in [5.41, 5.74) is 0. The van der Waals surface area contributed by atoms with E-state index < -0.39 is 0 Å². The zero-order chi connectivity index (χ0) is 11.5. The number of rotatable bonds is 4. The molecule has 3 heteroatoms. The van der Waals surface area contributed by atoms with E-state index in [1.54, 1.807) is 0 Å². The first-order valence-electron chi connectivity index (χ1n) is 6.62. The van der Waals surface area contributed by atoms with Crippen molar-refractivity contribution in [3.8, 4) is 0 Å². The fraction of sp³-hybridized carbons (Fsp3) is 0.923. The Kier molecular flexibility index (Phi) is 3.85. The van der Waals surface area contributed by atoms with Crippen LogP contribution in [-0.2, 0) is 9.53 Å². The minimum absolute atomic E-state index is 0.0111. The molecule has 0 bridgehead atoms. The molecule has 92 valence electrons. The van der Waals surface area contributed by atoms with Gasteiger partial charge in [0.25, 0.3) is 0 Å². The lowest BCUT2D eigenvalue weighted by atomic mass is 9.84. The van der Waals surface area contributed by atoms with E-state index in [0.717, 1.165) is 31.2 Å². The van der Waals surface area contributed by atoms with Crippen molar-refractivity contribution in [2.75, 3.05) is 13.2 Å². The third kappa shape index (κ3) is 2.76. The van der Waals surface area contributed by atoms with Gasteiger partial charge < -0.3 is 10.1 Å². The van der Waals surface area contributed by atoms with Crippen LogP contribution in [0, 0.1) is 17.8 Å². The standard InChI is InChI=1S/C13H23NO2/c1-3-16-13(15)11-6-7-14-12(8-11)9(2)10-4-5-10/h9-12,14H,3-8H2,1-2H3. The van der Waals surface area contributed by atoms with Crippen LogP contribution < -0.4 is 5.32 Å². The highest BCUT2D eigenvalue weighted by Gasteiger charge is 2.37. The molecule has 0 aromatic heterocycles. The molecule has 1 heterocycles. The van der Waals surface area contributed by atoms with Gasteiger partial charge in [-0.2, -0.15) is 0 Å². The van der Waals surface area contributed by atoms with Crippen molar-refractivity contribution in [2.45, 2.75) is 45.6 Å². The lowest BCUT2D eigenvalue weighted by Crippen LogP contribution is -2.45. The Hall–Kier alpha value is -0.570. The number of carbonyl (C=O) groups is 1. The maximum Gasteiger partial charge on any atom is 0.309 e. The molecule has 1 aliphatic carbocycles. The first kappa shape index (κ1) is 11.9. The Morgan fingerprint density at radius 3 is 2.81 bits per heavy atom. The summed E-state index contributed by atoms with van der Waals surface area (Å²) in [5, 5.41) is 3.56. The van der Waals surface area contributed by atoms with Crippen molar-refractivity contribution in [1.82, 2.24) is 5.32 Å². The minimum atomic E-state index is 0.0111. The van der Waals surface area contributed by atoms with Gasteiger partial charge >= 0.3 is 5.97 Å². The molecule has 2 aliphatic rings. The highest BCUT2D eigenvalue weighted by Crippen LogP contribution is 2.40. The summed E-state index contributed by atoms with van der Waals surface area (Å²) in [7, 11) is 0. The summed E-state index contributed by atoms with van der Waals surface area (Å²) >= 11 is 0. The molecule has 1 aliphatic heterocycles. The van der Waals surface area contributed by atoms with Crippen LogP contribution in [-0.4, -0.2) is 25.2 Å². The molecule has 3 atom stereocenters. The number of nitrogens with one attached hydrogen (secondary N) is 1. The smallest absolute Gasteiger partial charge is 0.309 e. The molecule has 3 unspecified atom stereocenters. The van der Waals surface area contributed by atoms with E-state index in [0.29, 0.717) is 12.6 Å². The van der Waals surface area contributed by atoms with Crippen molar-refractivity contribution in [3.63, 3.8) is 0 Å². The van der Waals surface area contributed by atoms with Crippen LogP contribution >= 0.6 is 0 Å². The van der Waals surface area contributed by atoms with E-state index in [1.807, 2.05) is 6.92 Å². The average Bonchev–Trinajstić information content (AvgIpc) is 3.12. The van der Waals surface area contributed by atoms with Gasteiger partial charge in [-0.3, -0.25) is 4.79 Å². The second-order valence-electron chi connectivity index (χ2n) is 5.23. The summed E-state index contributed by atoms with van der Waals surface area (Å²) < 4.78 is 5.12. The van der Waals surface area contributed by atoms with Crippen molar-refractivity contribution in [1.29, 1.82) is 0 Å². The molecule has 0 aromatic carbocycles. The predicted octanol–water partition coefficient (Wildman–Crippen LogP) is 1.96. The molecule has 3 nitrogen and oxygen atoms in total. The van der Waals surface area contributed by atoms with Crippen LogP contribution in [0.4, 0.5) is 0 Å². The van der Waals surface area contributed by atoms with E-state index in [2.05, 4.69) is 12.2 Å². The Balaban J connectivity index is 1.85. The third-order valence-electron chi connectivity index (χ3n) is 4.06. The van der Waals surface area contributed by atoms with E-state index >= 15 is 0 Å². The Labute approximate surface area is 97.9 Å². The van der Waals surface area contributed by atoms with E-state index in [9.17, 15) is 4.79 Å². The van der Waals surface area contributed by atoms with Crippen LogP contribution in [0.3, 0.4) is 0 Å². The number of hydrogen-bond acceptors (Lipinski definition) is 3. The van der Waals surface area contributed by atoms with Crippen molar-refractivity contribution in [3.05, 3.63) is 0 Å². The molecule has 2 fully saturated rings. The number of ether oxygens (including phenoxy) is 1. The fourth-order valence-corrected chi connectivity index (χ4v) is 2.78. The van der Waals surface area contributed by atoms with Gasteiger partial charge in [-0.15, -0.1) is 0 Å². The Bertz CT molecular complexity index is 250. The van der Waals surface area contributed by atoms with Gasteiger partial charge in [0.2, 0.25) is 0 Å². The second kappa shape index (κ2) is 5.17. The van der Waals surface area contributed by atoms with Crippen LogP contribution in [0.2, 0.25) is 0 Å². The minimum Gasteiger partial charge on any atom is -0.466 e. The van der Waals surface area contributed by atoms with Crippen LogP contribution in [0.1, 0.15) is 39.5 Å². The lowest BCUT2D eigenvalue weighted by Gasteiger charge is -2.33. The van der Waals surface area contributed by atoms with Crippen molar-refractivity contribution < 1.29 is 9.53 Å². The maximum atomic E-state index is 11.7. The summed E-state index contributed by atoms with van der Waals surface area (Å²) in [5.74, 6) is 1.76. The molecule has 0 radical (unpaired) electrons. The normalized spacial score (nSPS) is 32.1. The number of hydrogen-bond donors (Lipinski definition) is 1. The Morgan fingerprint density at radius 1 is 1.44 bits per heavy atom. The summed E-state index contributed by atoms with van der Waals surface area (Å²) in [6.45, 7) is 5.67. The van der Waals surface area contributed by atoms with Gasteiger partial charge in [0.15, 0.2) is 0 Å². The summed E-state index contributed by atoms with van der Waals surface area (Å²) in [6, 6.07) is 0.524. The summed E-state index contributed by atoms with van der Waals surface area (Å²) in [4.78, 5) is 11.7. The lowest BCUT2D eigenvalue weighted by molar-refractivity contribution is -0.149. The number of carbonyl (C=O) groups excluding carboxylic acids is 1. The molecule has 0 aromatic rings.